The minimum absolute atomic E-state index is 0.129. The van der Waals surface area contributed by atoms with Gasteiger partial charge in [0.2, 0.25) is 11.8 Å². The van der Waals surface area contributed by atoms with Gasteiger partial charge >= 0.3 is 5.97 Å². The molecule has 2 aromatic carbocycles. The summed E-state index contributed by atoms with van der Waals surface area (Å²) < 4.78 is 16.4. The lowest BCUT2D eigenvalue weighted by Gasteiger charge is -2.15. The number of methoxy groups -OCH3 is 1. The van der Waals surface area contributed by atoms with Crippen LogP contribution in [0.15, 0.2) is 53.2 Å². The molecular formula is C24H24N2O5. The van der Waals surface area contributed by atoms with Gasteiger partial charge in [-0.15, -0.1) is 0 Å². The molecule has 160 valence electrons. The molecule has 0 unspecified atom stereocenters. The lowest BCUT2D eigenvalue weighted by molar-refractivity contribution is -0.130. The molecular weight excluding hydrogens is 396 g/mol. The van der Waals surface area contributed by atoms with E-state index < -0.39 is 5.97 Å². The molecule has 1 fully saturated rings. The van der Waals surface area contributed by atoms with Gasteiger partial charge in [-0.25, -0.2) is 9.79 Å². The van der Waals surface area contributed by atoms with Crippen LogP contribution in [0.3, 0.4) is 0 Å². The Bertz CT molecular complexity index is 1060. The number of esters is 1. The van der Waals surface area contributed by atoms with Crippen molar-refractivity contribution in [1.29, 1.82) is 0 Å². The molecule has 31 heavy (non-hydrogen) atoms. The molecule has 7 nitrogen and oxygen atoms in total. The third-order valence-corrected chi connectivity index (χ3v) is 5.07. The predicted octanol–water partition coefficient (Wildman–Crippen LogP) is 3.96. The van der Waals surface area contributed by atoms with Gasteiger partial charge in [0.1, 0.15) is 0 Å². The van der Waals surface area contributed by atoms with Crippen molar-refractivity contribution in [2.45, 2.75) is 26.2 Å². The fourth-order valence-electron chi connectivity index (χ4n) is 3.50. The molecule has 0 spiro atoms. The summed E-state index contributed by atoms with van der Waals surface area (Å²) in [6.07, 6.45) is 4.00. The summed E-state index contributed by atoms with van der Waals surface area (Å²) in [5.41, 5.74) is 2.47. The van der Waals surface area contributed by atoms with E-state index in [2.05, 4.69) is 4.99 Å². The van der Waals surface area contributed by atoms with Gasteiger partial charge in [0, 0.05) is 24.2 Å². The Hall–Kier alpha value is -3.61. The Balaban J connectivity index is 1.54. The molecule has 7 heteroatoms. The number of nitrogens with zero attached hydrogens (tertiary/aromatic N) is 2. The normalized spacial score (nSPS) is 17.2. The summed E-state index contributed by atoms with van der Waals surface area (Å²) in [5.74, 6) is 1.10. The Morgan fingerprint density at radius 1 is 1.13 bits per heavy atom. The number of rotatable bonds is 7. The van der Waals surface area contributed by atoms with E-state index in [0.717, 1.165) is 30.6 Å². The fraction of sp³-hybridized carbons (Fsp3) is 0.292. The highest BCUT2D eigenvalue weighted by atomic mass is 16.6. The summed E-state index contributed by atoms with van der Waals surface area (Å²) in [6.45, 7) is 3.36. The lowest BCUT2D eigenvalue weighted by atomic mass is 10.1. The number of cyclic esters (lactones) is 1. The van der Waals surface area contributed by atoms with Gasteiger partial charge in [-0.3, -0.25) is 4.79 Å². The molecule has 0 atom stereocenters. The molecule has 0 saturated carbocycles. The van der Waals surface area contributed by atoms with E-state index >= 15 is 0 Å². The topological polar surface area (TPSA) is 77.4 Å². The third-order valence-electron chi connectivity index (χ3n) is 5.07. The highest BCUT2D eigenvalue weighted by molar-refractivity contribution is 6.13. The molecule has 2 aliphatic rings. The summed E-state index contributed by atoms with van der Waals surface area (Å²) >= 11 is 0. The maximum absolute atomic E-state index is 12.3. The largest absolute Gasteiger partial charge is 0.493 e. The smallest absolute Gasteiger partial charge is 0.363 e. The van der Waals surface area contributed by atoms with Gasteiger partial charge < -0.3 is 19.1 Å². The van der Waals surface area contributed by atoms with Crippen LogP contribution in [0.25, 0.3) is 6.08 Å². The Kier molecular flexibility index (Phi) is 6.02. The number of benzene rings is 2. The van der Waals surface area contributed by atoms with Crippen LogP contribution in [-0.2, 0) is 14.3 Å². The Labute approximate surface area is 180 Å². The summed E-state index contributed by atoms with van der Waals surface area (Å²) in [4.78, 5) is 30.4. The van der Waals surface area contributed by atoms with E-state index in [0.29, 0.717) is 30.1 Å². The minimum atomic E-state index is -0.515. The SMILES string of the molecule is CCCOc1ccc(C=C2N=C(c3ccc(N4CCCC4=O)cc3)OC2=O)cc1OC. The highest BCUT2D eigenvalue weighted by Gasteiger charge is 2.25. The Morgan fingerprint density at radius 2 is 1.94 bits per heavy atom. The van der Waals surface area contributed by atoms with Crippen LogP contribution in [0.2, 0.25) is 0 Å². The molecule has 1 amide bonds. The van der Waals surface area contributed by atoms with Gasteiger partial charge in [0.25, 0.3) is 0 Å². The van der Waals surface area contributed by atoms with Crippen molar-refractivity contribution in [3.63, 3.8) is 0 Å². The first-order valence-corrected chi connectivity index (χ1v) is 10.3. The maximum Gasteiger partial charge on any atom is 0.363 e. The molecule has 1 saturated heterocycles. The number of carbonyl (C=O) groups is 2. The number of amides is 1. The number of ether oxygens (including phenoxy) is 3. The molecule has 0 aromatic heterocycles. The van der Waals surface area contributed by atoms with Crippen molar-refractivity contribution < 1.29 is 23.8 Å². The van der Waals surface area contributed by atoms with Crippen LogP contribution in [0.4, 0.5) is 5.69 Å². The summed E-state index contributed by atoms with van der Waals surface area (Å²) in [6, 6.07) is 12.7. The second-order valence-electron chi connectivity index (χ2n) is 7.29. The van der Waals surface area contributed by atoms with Crippen LogP contribution >= 0.6 is 0 Å². The first-order valence-electron chi connectivity index (χ1n) is 10.3. The zero-order chi connectivity index (χ0) is 21.8. The standard InChI is InChI=1S/C24H24N2O5/c1-3-13-30-20-11-6-16(15-21(20)29-2)14-19-24(28)31-23(25-19)17-7-9-18(10-8-17)26-12-4-5-22(26)27/h6-11,14-15H,3-5,12-13H2,1-2H3. The minimum Gasteiger partial charge on any atom is -0.493 e. The predicted molar refractivity (Wildman–Crippen MR) is 117 cm³/mol. The molecule has 2 aliphatic heterocycles. The number of carbonyl (C=O) groups excluding carboxylic acids is 2. The molecule has 2 heterocycles. The summed E-state index contributed by atoms with van der Waals surface area (Å²) in [5, 5.41) is 0. The van der Waals surface area contributed by atoms with E-state index in [1.165, 1.54) is 0 Å². The van der Waals surface area contributed by atoms with Gasteiger partial charge in [-0.1, -0.05) is 13.0 Å². The number of hydrogen-bond acceptors (Lipinski definition) is 6. The molecule has 4 rings (SSSR count). The Morgan fingerprint density at radius 3 is 2.61 bits per heavy atom. The van der Waals surface area contributed by atoms with Crippen molar-refractivity contribution in [3.05, 3.63) is 59.3 Å². The molecule has 0 bridgehead atoms. The molecule has 0 aliphatic carbocycles. The van der Waals surface area contributed by atoms with Crippen molar-refractivity contribution in [3.8, 4) is 11.5 Å². The van der Waals surface area contributed by atoms with E-state index in [9.17, 15) is 9.59 Å². The number of hydrogen-bond donors (Lipinski definition) is 0. The first-order chi connectivity index (χ1) is 15.1. The zero-order valence-electron chi connectivity index (χ0n) is 17.6. The average Bonchev–Trinajstić information content (AvgIpc) is 3.38. The third kappa shape index (κ3) is 4.45. The molecule has 0 N–H and O–H groups in total. The van der Waals surface area contributed by atoms with Crippen LogP contribution in [0.5, 0.6) is 11.5 Å². The van der Waals surface area contributed by atoms with Crippen LogP contribution in [-0.4, -0.2) is 38.0 Å². The number of anilines is 1. The van der Waals surface area contributed by atoms with E-state index in [1.54, 1.807) is 36.3 Å². The van der Waals surface area contributed by atoms with Gasteiger partial charge in [-0.05, 0) is 60.9 Å². The highest BCUT2D eigenvalue weighted by Crippen LogP contribution is 2.30. The van der Waals surface area contributed by atoms with Crippen molar-refractivity contribution >= 4 is 29.5 Å². The number of aliphatic imine (C=N–C) groups is 1. The quantitative estimate of drug-likeness (QED) is 0.501. The van der Waals surface area contributed by atoms with E-state index in [4.69, 9.17) is 14.2 Å². The van der Waals surface area contributed by atoms with Crippen LogP contribution < -0.4 is 14.4 Å². The van der Waals surface area contributed by atoms with Gasteiger partial charge in [0.15, 0.2) is 17.2 Å². The van der Waals surface area contributed by atoms with Gasteiger partial charge in [-0.2, -0.15) is 0 Å². The lowest BCUT2D eigenvalue weighted by Crippen LogP contribution is -2.23. The van der Waals surface area contributed by atoms with Crippen molar-refractivity contribution in [1.82, 2.24) is 0 Å². The molecule has 2 aromatic rings. The van der Waals surface area contributed by atoms with Crippen LogP contribution in [0.1, 0.15) is 37.3 Å². The first kappa shape index (κ1) is 20.7. The molecule has 0 radical (unpaired) electrons. The van der Waals surface area contributed by atoms with Crippen molar-refractivity contribution in [2.75, 3.05) is 25.2 Å². The fourth-order valence-corrected chi connectivity index (χ4v) is 3.50. The van der Waals surface area contributed by atoms with Crippen molar-refractivity contribution in [2.24, 2.45) is 4.99 Å². The summed E-state index contributed by atoms with van der Waals surface area (Å²) in [7, 11) is 1.57. The van der Waals surface area contributed by atoms with E-state index in [-0.39, 0.29) is 17.5 Å². The second kappa shape index (κ2) is 9.04. The second-order valence-corrected chi connectivity index (χ2v) is 7.29. The van der Waals surface area contributed by atoms with Crippen LogP contribution in [0, 0.1) is 0 Å². The monoisotopic (exact) mass is 420 g/mol. The van der Waals surface area contributed by atoms with E-state index in [1.807, 2.05) is 31.2 Å². The average molecular weight is 420 g/mol. The van der Waals surface area contributed by atoms with Gasteiger partial charge in [0.05, 0.1) is 13.7 Å². The maximum atomic E-state index is 12.3. The zero-order valence-corrected chi connectivity index (χ0v) is 17.6.